The predicted octanol–water partition coefficient (Wildman–Crippen LogP) is 7.22. The summed E-state index contributed by atoms with van der Waals surface area (Å²) in [6.45, 7) is 3.61. The quantitative estimate of drug-likeness (QED) is 0.197. The van der Waals surface area contributed by atoms with Crippen LogP contribution in [0, 0.1) is 0 Å². The number of unbranched alkanes of at least 4 members (excludes halogenated alkanes) is 1. The van der Waals surface area contributed by atoms with E-state index in [9.17, 15) is 18.0 Å². The number of halogens is 4. The molecule has 0 aliphatic heterocycles. The van der Waals surface area contributed by atoms with Crippen LogP contribution in [0.15, 0.2) is 71.6 Å². The van der Waals surface area contributed by atoms with Crippen LogP contribution < -0.4 is 9.62 Å². The first-order valence-electron chi connectivity index (χ1n) is 13.0. The third-order valence-corrected chi connectivity index (χ3v) is 9.39. The molecule has 0 aliphatic carbocycles. The van der Waals surface area contributed by atoms with Gasteiger partial charge in [-0.25, -0.2) is 8.42 Å². The Bertz CT molecular complexity index is 1470. The molecule has 0 aromatic heterocycles. The molecule has 0 radical (unpaired) electrons. The zero-order chi connectivity index (χ0) is 30.2. The number of amides is 2. The van der Waals surface area contributed by atoms with Crippen molar-refractivity contribution in [2.45, 2.75) is 50.6 Å². The molecule has 0 bridgehead atoms. The van der Waals surface area contributed by atoms with E-state index in [4.69, 9.17) is 46.4 Å². The van der Waals surface area contributed by atoms with Crippen LogP contribution >= 0.6 is 46.4 Å². The van der Waals surface area contributed by atoms with Gasteiger partial charge in [0.15, 0.2) is 0 Å². The first-order valence-corrected chi connectivity index (χ1v) is 16.0. The van der Waals surface area contributed by atoms with Gasteiger partial charge in [0.25, 0.3) is 10.0 Å². The highest BCUT2D eigenvalue weighted by Crippen LogP contribution is 2.33. The van der Waals surface area contributed by atoms with Crippen LogP contribution in [0.3, 0.4) is 0 Å². The zero-order valence-corrected chi connectivity index (χ0v) is 26.5. The number of carbonyl (C=O) groups is 2. The molecule has 0 fully saturated rings. The number of anilines is 1. The predicted molar refractivity (Wildman–Crippen MR) is 166 cm³/mol. The number of benzene rings is 3. The molecule has 7 nitrogen and oxygen atoms in total. The molecule has 220 valence electrons. The Morgan fingerprint density at radius 1 is 0.878 bits per heavy atom. The highest BCUT2D eigenvalue weighted by atomic mass is 35.5. The summed E-state index contributed by atoms with van der Waals surface area (Å²) in [4.78, 5) is 28.7. The number of carbonyl (C=O) groups excluding carboxylic acids is 2. The second-order valence-electron chi connectivity index (χ2n) is 9.26. The Balaban J connectivity index is 2.07. The smallest absolute Gasteiger partial charge is 0.264 e. The van der Waals surface area contributed by atoms with E-state index in [1.54, 1.807) is 43.3 Å². The average Bonchev–Trinajstić information content (AvgIpc) is 2.94. The molecule has 3 aromatic carbocycles. The van der Waals surface area contributed by atoms with Crippen molar-refractivity contribution in [2.75, 3.05) is 17.4 Å². The van der Waals surface area contributed by atoms with Crippen molar-refractivity contribution in [3.05, 3.63) is 92.4 Å². The van der Waals surface area contributed by atoms with Gasteiger partial charge in [0, 0.05) is 18.1 Å². The van der Waals surface area contributed by atoms with E-state index in [2.05, 4.69) is 5.32 Å². The highest BCUT2D eigenvalue weighted by Gasteiger charge is 2.34. The van der Waals surface area contributed by atoms with Crippen LogP contribution in [0.25, 0.3) is 0 Å². The maximum atomic E-state index is 14.1. The molecule has 3 aromatic rings. The number of nitrogens with zero attached hydrogens (tertiary/aromatic N) is 2. The van der Waals surface area contributed by atoms with Gasteiger partial charge >= 0.3 is 0 Å². The van der Waals surface area contributed by atoms with E-state index in [0.717, 1.165) is 17.1 Å². The maximum Gasteiger partial charge on any atom is 0.264 e. The number of hydrogen-bond donors (Lipinski definition) is 1. The molecule has 0 saturated carbocycles. The summed E-state index contributed by atoms with van der Waals surface area (Å²) in [6, 6.07) is 16.1. The Morgan fingerprint density at radius 2 is 1.59 bits per heavy atom. The van der Waals surface area contributed by atoms with E-state index in [1.165, 1.54) is 35.2 Å². The fourth-order valence-electron chi connectivity index (χ4n) is 4.18. The molecule has 0 spiro atoms. The van der Waals surface area contributed by atoms with E-state index in [-0.39, 0.29) is 34.5 Å². The molecule has 1 N–H and O–H groups in total. The van der Waals surface area contributed by atoms with Gasteiger partial charge in [0.2, 0.25) is 11.8 Å². The van der Waals surface area contributed by atoms with Gasteiger partial charge in [-0.15, -0.1) is 0 Å². The van der Waals surface area contributed by atoms with E-state index >= 15 is 0 Å². The Labute approximate surface area is 261 Å². The molecule has 0 saturated heterocycles. The largest absolute Gasteiger partial charge is 0.354 e. The summed E-state index contributed by atoms with van der Waals surface area (Å²) in [5.41, 5.74) is 0.692. The molecule has 12 heteroatoms. The van der Waals surface area contributed by atoms with E-state index < -0.39 is 28.5 Å². The Morgan fingerprint density at radius 3 is 2.20 bits per heavy atom. The lowest BCUT2D eigenvalue weighted by Crippen LogP contribution is -2.52. The van der Waals surface area contributed by atoms with Gasteiger partial charge in [0.1, 0.15) is 12.6 Å². The number of nitrogens with one attached hydrogen (secondary N) is 1. The van der Waals surface area contributed by atoms with Crippen molar-refractivity contribution in [1.82, 2.24) is 10.2 Å². The first-order chi connectivity index (χ1) is 19.5. The van der Waals surface area contributed by atoms with Crippen LogP contribution in [-0.2, 0) is 26.2 Å². The molecule has 0 aliphatic rings. The number of hydrogen-bond acceptors (Lipinski definition) is 4. The third-order valence-electron chi connectivity index (χ3n) is 6.34. The summed E-state index contributed by atoms with van der Waals surface area (Å²) in [5, 5.41) is 3.87. The van der Waals surface area contributed by atoms with Crippen molar-refractivity contribution in [1.29, 1.82) is 0 Å². The van der Waals surface area contributed by atoms with Gasteiger partial charge in [-0.05, 0) is 60.9 Å². The minimum absolute atomic E-state index is 0.0109. The molecule has 1 atom stereocenters. The second kappa shape index (κ2) is 15.1. The topological polar surface area (TPSA) is 86.8 Å². The molecular formula is C29H31Cl4N3O4S. The summed E-state index contributed by atoms with van der Waals surface area (Å²) >= 11 is 24.8. The van der Waals surface area contributed by atoms with Gasteiger partial charge in [-0.3, -0.25) is 13.9 Å². The Hall–Kier alpha value is -2.49. The fraction of sp³-hybridized carbons (Fsp3) is 0.310. The molecule has 0 unspecified atom stereocenters. The van der Waals surface area contributed by atoms with Crippen molar-refractivity contribution in [2.24, 2.45) is 0 Å². The zero-order valence-electron chi connectivity index (χ0n) is 22.6. The number of sulfonamides is 1. The second-order valence-corrected chi connectivity index (χ2v) is 12.8. The van der Waals surface area contributed by atoms with Crippen molar-refractivity contribution >= 4 is 73.9 Å². The Kier molecular flexibility index (Phi) is 12.2. The minimum Gasteiger partial charge on any atom is -0.354 e. The minimum atomic E-state index is -4.25. The highest BCUT2D eigenvalue weighted by molar-refractivity contribution is 7.92. The summed E-state index contributed by atoms with van der Waals surface area (Å²) in [7, 11) is -4.25. The van der Waals surface area contributed by atoms with E-state index in [1.807, 2.05) is 6.92 Å². The fourth-order valence-corrected chi connectivity index (χ4v) is 6.51. The molecular weight excluding hydrogens is 628 g/mol. The van der Waals surface area contributed by atoms with Crippen molar-refractivity contribution in [3.63, 3.8) is 0 Å². The summed E-state index contributed by atoms with van der Waals surface area (Å²) < 4.78 is 28.7. The first kappa shape index (κ1) is 33.0. The van der Waals surface area contributed by atoms with Crippen molar-refractivity contribution in [3.8, 4) is 0 Å². The van der Waals surface area contributed by atoms with Gasteiger partial charge in [0.05, 0.1) is 25.7 Å². The standard InChI is InChI=1S/C29H31Cl4N3O4S/c1-3-5-15-34-29(38)26(4-2)35(18-20-11-13-23(31)24(32)16-20)28(37)19-36(27-14-12-21(30)17-25(27)33)41(39,40)22-9-7-6-8-10-22/h6-14,16-17,26H,3-5,15,18-19H2,1-2H3,(H,34,38)/t26-/m0/s1. The lowest BCUT2D eigenvalue weighted by atomic mass is 10.1. The van der Waals surface area contributed by atoms with Crippen molar-refractivity contribution < 1.29 is 18.0 Å². The van der Waals surface area contributed by atoms with Gasteiger partial charge in [-0.2, -0.15) is 0 Å². The van der Waals surface area contributed by atoms with Gasteiger partial charge < -0.3 is 10.2 Å². The number of rotatable bonds is 13. The monoisotopic (exact) mass is 657 g/mol. The average molecular weight is 659 g/mol. The van der Waals surface area contributed by atoms with Crippen LogP contribution in [0.1, 0.15) is 38.7 Å². The lowest BCUT2D eigenvalue weighted by Gasteiger charge is -2.33. The van der Waals surface area contributed by atoms with Crippen LogP contribution in [0.5, 0.6) is 0 Å². The SMILES string of the molecule is CCCCNC(=O)[C@H](CC)N(Cc1ccc(Cl)c(Cl)c1)C(=O)CN(c1ccc(Cl)cc1Cl)S(=O)(=O)c1ccccc1. The van der Waals surface area contributed by atoms with Gasteiger partial charge in [-0.1, -0.05) is 90.9 Å². The normalized spacial score (nSPS) is 12.0. The van der Waals surface area contributed by atoms with E-state index in [0.29, 0.717) is 27.2 Å². The maximum absolute atomic E-state index is 14.1. The summed E-state index contributed by atoms with van der Waals surface area (Å²) in [5.74, 6) is -0.949. The lowest BCUT2D eigenvalue weighted by molar-refractivity contribution is -0.140. The summed E-state index contributed by atoms with van der Waals surface area (Å²) in [6.07, 6.45) is 1.95. The molecule has 3 rings (SSSR count). The van der Waals surface area contributed by atoms with Crippen LogP contribution in [0.4, 0.5) is 5.69 Å². The van der Waals surface area contributed by atoms with Crippen LogP contribution in [-0.4, -0.2) is 44.3 Å². The molecule has 0 heterocycles. The van der Waals surface area contributed by atoms with Crippen LogP contribution in [0.2, 0.25) is 20.1 Å². The third kappa shape index (κ3) is 8.52. The molecule has 41 heavy (non-hydrogen) atoms. The molecule has 2 amide bonds.